The van der Waals surface area contributed by atoms with Crippen molar-refractivity contribution < 1.29 is 14.6 Å². The second-order valence-corrected chi connectivity index (χ2v) is 6.62. The van der Waals surface area contributed by atoms with E-state index in [0.29, 0.717) is 22.1 Å². The van der Waals surface area contributed by atoms with Crippen LogP contribution in [0.1, 0.15) is 16.5 Å². The SMILES string of the molecule is COc1ccc(C(O)c2ccc(Br)s2)c(OC)c1Cl. The smallest absolute Gasteiger partial charge is 0.147 e. The molecule has 1 aromatic carbocycles. The predicted molar refractivity (Wildman–Crippen MR) is 80.6 cm³/mol. The number of benzene rings is 1. The number of aliphatic hydroxyl groups is 1. The van der Waals surface area contributed by atoms with Crippen molar-refractivity contribution in [3.8, 4) is 11.5 Å². The van der Waals surface area contributed by atoms with Crippen LogP contribution in [0.3, 0.4) is 0 Å². The van der Waals surface area contributed by atoms with Crippen molar-refractivity contribution >= 4 is 38.9 Å². The van der Waals surface area contributed by atoms with Crippen LogP contribution in [0.25, 0.3) is 0 Å². The molecule has 1 aromatic heterocycles. The van der Waals surface area contributed by atoms with Crippen molar-refractivity contribution in [3.63, 3.8) is 0 Å². The van der Waals surface area contributed by atoms with E-state index in [2.05, 4.69) is 15.9 Å². The number of ether oxygens (including phenoxy) is 2. The van der Waals surface area contributed by atoms with E-state index in [1.165, 1.54) is 25.6 Å². The Bertz CT molecular complexity index is 585. The number of rotatable bonds is 4. The molecule has 0 saturated carbocycles. The first kappa shape index (κ1) is 14.7. The fourth-order valence-corrected chi connectivity index (χ4v) is 3.52. The molecule has 0 bridgehead atoms. The highest BCUT2D eigenvalue weighted by atomic mass is 79.9. The Morgan fingerprint density at radius 2 is 1.95 bits per heavy atom. The van der Waals surface area contributed by atoms with Crippen molar-refractivity contribution in [2.24, 2.45) is 0 Å². The molecule has 2 rings (SSSR count). The normalized spacial score (nSPS) is 12.3. The van der Waals surface area contributed by atoms with Gasteiger partial charge in [-0.15, -0.1) is 11.3 Å². The lowest BCUT2D eigenvalue weighted by atomic mass is 10.1. The molecule has 1 heterocycles. The summed E-state index contributed by atoms with van der Waals surface area (Å²) in [5, 5.41) is 10.8. The summed E-state index contributed by atoms with van der Waals surface area (Å²) in [4.78, 5) is 0.811. The van der Waals surface area contributed by atoms with E-state index in [1.807, 2.05) is 12.1 Å². The van der Waals surface area contributed by atoms with Gasteiger partial charge in [0.1, 0.15) is 22.6 Å². The maximum atomic E-state index is 10.4. The quantitative estimate of drug-likeness (QED) is 0.882. The van der Waals surface area contributed by atoms with E-state index in [0.717, 1.165) is 8.66 Å². The van der Waals surface area contributed by atoms with Crippen LogP contribution in [0.5, 0.6) is 11.5 Å². The minimum atomic E-state index is -0.783. The highest BCUT2D eigenvalue weighted by molar-refractivity contribution is 9.11. The molecule has 102 valence electrons. The summed E-state index contributed by atoms with van der Waals surface area (Å²) in [6.45, 7) is 0. The molecule has 19 heavy (non-hydrogen) atoms. The minimum absolute atomic E-state index is 0.358. The molecule has 3 nitrogen and oxygen atoms in total. The van der Waals surface area contributed by atoms with Crippen LogP contribution in [-0.2, 0) is 0 Å². The van der Waals surface area contributed by atoms with Crippen LogP contribution in [0.15, 0.2) is 28.1 Å². The molecule has 0 radical (unpaired) electrons. The van der Waals surface area contributed by atoms with Gasteiger partial charge in [0.15, 0.2) is 0 Å². The van der Waals surface area contributed by atoms with Gasteiger partial charge in [-0.25, -0.2) is 0 Å². The van der Waals surface area contributed by atoms with Crippen LogP contribution in [-0.4, -0.2) is 19.3 Å². The molecule has 2 aromatic rings. The lowest BCUT2D eigenvalue weighted by Gasteiger charge is -2.16. The average molecular weight is 364 g/mol. The van der Waals surface area contributed by atoms with Gasteiger partial charge in [-0.05, 0) is 40.2 Å². The van der Waals surface area contributed by atoms with Crippen LogP contribution in [0.4, 0.5) is 0 Å². The molecule has 0 aliphatic heterocycles. The number of hydrogen-bond donors (Lipinski definition) is 1. The van der Waals surface area contributed by atoms with Gasteiger partial charge < -0.3 is 14.6 Å². The molecule has 0 saturated heterocycles. The minimum Gasteiger partial charge on any atom is -0.495 e. The van der Waals surface area contributed by atoms with E-state index in [-0.39, 0.29) is 0 Å². The summed E-state index contributed by atoms with van der Waals surface area (Å²) >= 11 is 11.0. The Kier molecular flexibility index (Phi) is 4.73. The summed E-state index contributed by atoms with van der Waals surface area (Å²) in [5.41, 5.74) is 0.614. The fourth-order valence-electron chi connectivity index (χ4n) is 1.76. The van der Waals surface area contributed by atoms with Gasteiger partial charge in [0, 0.05) is 10.4 Å². The summed E-state index contributed by atoms with van der Waals surface area (Å²) in [6.07, 6.45) is -0.783. The highest BCUT2D eigenvalue weighted by Crippen LogP contribution is 2.42. The molecule has 1 unspecified atom stereocenters. The number of thiophene rings is 1. The zero-order valence-corrected chi connectivity index (χ0v) is 13.5. The summed E-state index contributed by atoms with van der Waals surface area (Å²) < 4.78 is 11.4. The van der Waals surface area contributed by atoms with Crippen LogP contribution < -0.4 is 9.47 Å². The van der Waals surface area contributed by atoms with Crippen molar-refractivity contribution in [2.45, 2.75) is 6.10 Å². The molecule has 0 spiro atoms. The van der Waals surface area contributed by atoms with Crippen LogP contribution in [0.2, 0.25) is 5.02 Å². The molecule has 1 N–H and O–H groups in total. The lowest BCUT2D eigenvalue weighted by Crippen LogP contribution is -2.02. The molecular weight excluding hydrogens is 352 g/mol. The largest absolute Gasteiger partial charge is 0.495 e. The summed E-state index contributed by atoms with van der Waals surface area (Å²) in [5.74, 6) is 0.944. The number of halogens is 2. The Hall–Kier alpha value is -0.750. The van der Waals surface area contributed by atoms with E-state index >= 15 is 0 Å². The Morgan fingerprint density at radius 1 is 1.21 bits per heavy atom. The Labute approximate surface area is 128 Å². The average Bonchev–Trinajstić information content (AvgIpc) is 2.84. The summed E-state index contributed by atoms with van der Waals surface area (Å²) in [6, 6.07) is 7.21. The molecule has 0 aliphatic rings. The predicted octanol–water partition coefficient (Wildman–Crippen LogP) is 4.26. The van der Waals surface area contributed by atoms with Crippen LogP contribution >= 0.6 is 38.9 Å². The third kappa shape index (κ3) is 2.89. The molecule has 0 amide bonds. The third-order valence-corrected chi connectivity index (χ3v) is 4.71. The number of hydrogen-bond acceptors (Lipinski definition) is 4. The van der Waals surface area contributed by atoms with Crippen molar-refractivity contribution in [1.29, 1.82) is 0 Å². The third-order valence-electron chi connectivity index (χ3n) is 2.67. The second kappa shape index (κ2) is 6.13. The van der Waals surface area contributed by atoms with E-state index in [1.54, 1.807) is 12.1 Å². The first-order chi connectivity index (χ1) is 9.08. The monoisotopic (exact) mass is 362 g/mol. The number of methoxy groups -OCH3 is 2. The van der Waals surface area contributed by atoms with Crippen LogP contribution in [0, 0.1) is 0 Å². The second-order valence-electron chi connectivity index (χ2n) is 3.75. The molecular formula is C13H12BrClO3S. The standard InChI is InChI=1S/C13H12BrClO3S/c1-17-8-4-3-7(13(18-2)11(8)15)12(16)9-5-6-10(14)19-9/h3-6,12,16H,1-2H3. The van der Waals surface area contributed by atoms with E-state index in [4.69, 9.17) is 21.1 Å². The molecule has 0 aliphatic carbocycles. The highest BCUT2D eigenvalue weighted by Gasteiger charge is 2.21. The zero-order chi connectivity index (χ0) is 14.0. The first-order valence-corrected chi connectivity index (χ1v) is 7.41. The van der Waals surface area contributed by atoms with Crippen molar-refractivity contribution in [1.82, 2.24) is 0 Å². The van der Waals surface area contributed by atoms with Crippen molar-refractivity contribution in [3.05, 3.63) is 43.5 Å². The van der Waals surface area contributed by atoms with Crippen molar-refractivity contribution in [2.75, 3.05) is 14.2 Å². The molecule has 6 heteroatoms. The van der Waals surface area contributed by atoms with Gasteiger partial charge in [0.2, 0.25) is 0 Å². The Balaban J connectivity index is 2.47. The van der Waals surface area contributed by atoms with Gasteiger partial charge in [0.25, 0.3) is 0 Å². The maximum Gasteiger partial charge on any atom is 0.147 e. The number of aliphatic hydroxyl groups excluding tert-OH is 1. The fraction of sp³-hybridized carbons (Fsp3) is 0.231. The molecule has 1 atom stereocenters. The lowest BCUT2D eigenvalue weighted by molar-refractivity contribution is 0.218. The van der Waals surface area contributed by atoms with Gasteiger partial charge in [-0.2, -0.15) is 0 Å². The Morgan fingerprint density at radius 3 is 2.47 bits per heavy atom. The maximum absolute atomic E-state index is 10.4. The van der Waals surface area contributed by atoms with Gasteiger partial charge >= 0.3 is 0 Å². The summed E-state index contributed by atoms with van der Waals surface area (Å²) in [7, 11) is 3.05. The van der Waals surface area contributed by atoms with Gasteiger partial charge in [-0.1, -0.05) is 11.6 Å². The van der Waals surface area contributed by atoms with Gasteiger partial charge in [0.05, 0.1) is 18.0 Å². The van der Waals surface area contributed by atoms with E-state index in [9.17, 15) is 5.11 Å². The zero-order valence-electron chi connectivity index (χ0n) is 10.3. The molecule has 0 fully saturated rings. The van der Waals surface area contributed by atoms with E-state index < -0.39 is 6.10 Å². The topological polar surface area (TPSA) is 38.7 Å². The first-order valence-electron chi connectivity index (χ1n) is 5.42. The van der Waals surface area contributed by atoms with Gasteiger partial charge in [-0.3, -0.25) is 0 Å².